The Labute approximate surface area is 134 Å². The van der Waals surface area contributed by atoms with Crippen molar-refractivity contribution in [2.75, 3.05) is 27.3 Å². The number of hydrogen-bond acceptors (Lipinski definition) is 6. The monoisotopic (exact) mass is 321 g/mol. The summed E-state index contributed by atoms with van der Waals surface area (Å²) in [6.45, 7) is 0.479. The second kappa shape index (κ2) is 9.99. The van der Waals surface area contributed by atoms with Crippen molar-refractivity contribution < 1.29 is 28.6 Å². The van der Waals surface area contributed by atoms with Crippen molar-refractivity contribution in [3.05, 3.63) is 42.5 Å². The Morgan fingerprint density at radius 2 is 1.74 bits per heavy atom. The molecule has 0 spiro atoms. The predicted octanol–water partition coefficient (Wildman–Crippen LogP) is 1.78. The lowest BCUT2D eigenvalue weighted by Gasteiger charge is -2.16. The fourth-order valence-corrected chi connectivity index (χ4v) is 1.49. The Balaban J connectivity index is 2.22. The van der Waals surface area contributed by atoms with Gasteiger partial charge in [-0.15, -0.1) is 0 Å². The smallest absolute Gasteiger partial charge is 0.414 e. The highest BCUT2D eigenvalue weighted by Crippen LogP contribution is 2.09. The molecule has 7 heteroatoms. The quantitative estimate of drug-likeness (QED) is 0.432. The van der Waals surface area contributed by atoms with E-state index in [1.54, 1.807) is 31.3 Å². The highest BCUT2D eigenvalue weighted by atomic mass is 16.6. The maximum atomic E-state index is 11.8. The number of hydrogen-bond donors (Lipinski definition) is 0. The van der Waals surface area contributed by atoms with E-state index in [1.807, 2.05) is 6.07 Å². The van der Waals surface area contributed by atoms with E-state index in [4.69, 9.17) is 9.47 Å². The van der Waals surface area contributed by atoms with Crippen LogP contribution in [0.1, 0.15) is 6.42 Å². The fourth-order valence-electron chi connectivity index (χ4n) is 1.49. The van der Waals surface area contributed by atoms with Crippen LogP contribution in [0.2, 0.25) is 0 Å². The van der Waals surface area contributed by atoms with E-state index in [9.17, 15) is 14.4 Å². The second-order valence-electron chi connectivity index (χ2n) is 4.48. The number of methoxy groups -OCH3 is 1. The Kier molecular flexibility index (Phi) is 7.91. The fraction of sp³-hybridized carbons (Fsp3) is 0.312. The highest BCUT2D eigenvalue weighted by Gasteiger charge is 2.10. The molecule has 0 bridgehead atoms. The molecule has 1 rings (SSSR count). The van der Waals surface area contributed by atoms with Gasteiger partial charge >= 0.3 is 18.0 Å². The first-order valence-electron chi connectivity index (χ1n) is 6.93. The molecule has 0 saturated heterocycles. The van der Waals surface area contributed by atoms with Crippen molar-refractivity contribution in [3.63, 3.8) is 0 Å². The molecule has 0 aliphatic carbocycles. The lowest BCUT2D eigenvalue weighted by atomic mass is 10.3. The molecular formula is C16H19NO6. The topological polar surface area (TPSA) is 82.1 Å². The van der Waals surface area contributed by atoms with Gasteiger partial charge in [-0.05, 0) is 18.6 Å². The average Bonchev–Trinajstić information content (AvgIpc) is 2.57. The van der Waals surface area contributed by atoms with Crippen LogP contribution in [0.3, 0.4) is 0 Å². The SMILES string of the molecule is COC(=O)/C=C/C(=O)OCCCN(C)C(=O)Oc1ccccc1. The van der Waals surface area contributed by atoms with E-state index in [-0.39, 0.29) is 6.61 Å². The number of benzene rings is 1. The molecule has 7 nitrogen and oxygen atoms in total. The summed E-state index contributed by atoms with van der Waals surface area (Å²) in [4.78, 5) is 35.2. The maximum absolute atomic E-state index is 11.8. The van der Waals surface area contributed by atoms with Crippen molar-refractivity contribution in [2.24, 2.45) is 0 Å². The van der Waals surface area contributed by atoms with Crippen LogP contribution >= 0.6 is 0 Å². The molecular weight excluding hydrogens is 302 g/mol. The lowest BCUT2D eigenvalue weighted by molar-refractivity contribution is -0.139. The van der Waals surface area contributed by atoms with Crippen LogP contribution in [0.25, 0.3) is 0 Å². The summed E-state index contributed by atoms with van der Waals surface area (Å²) >= 11 is 0. The van der Waals surface area contributed by atoms with Gasteiger partial charge in [-0.3, -0.25) is 0 Å². The van der Waals surface area contributed by atoms with Crippen molar-refractivity contribution >= 4 is 18.0 Å². The van der Waals surface area contributed by atoms with Crippen LogP contribution in [0.15, 0.2) is 42.5 Å². The van der Waals surface area contributed by atoms with Gasteiger partial charge < -0.3 is 19.1 Å². The Morgan fingerprint density at radius 1 is 1.09 bits per heavy atom. The van der Waals surface area contributed by atoms with E-state index in [1.165, 1.54) is 12.0 Å². The molecule has 0 N–H and O–H groups in total. The number of amides is 1. The molecule has 0 atom stereocenters. The largest absolute Gasteiger partial charge is 0.466 e. The number of esters is 2. The summed E-state index contributed by atoms with van der Waals surface area (Å²) in [6, 6.07) is 8.72. The van der Waals surface area contributed by atoms with Gasteiger partial charge in [0.1, 0.15) is 5.75 Å². The van der Waals surface area contributed by atoms with Crippen LogP contribution in [-0.4, -0.2) is 50.2 Å². The Bertz CT molecular complexity index is 555. The molecule has 0 heterocycles. The number of carbonyl (C=O) groups is 3. The van der Waals surface area contributed by atoms with Crippen LogP contribution in [0, 0.1) is 0 Å². The van der Waals surface area contributed by atoms with Gasteiger partial charge in [0.05, 0.1) is 13.7 Å². The van der Waals surface area contributed by atoms with Crippen molar-refractivity contribution in [2.45, 2.75) is 6.42 Å². The average molecular weight is 321 g/mol. The number of ether oxygens (including phenoxy) is 3. The molecule has 0 aliphatic rings. The second-order valence-corrected chi connectivity index (χ2v) is 4.48. The van der Waals surface area contributed by atoms with E-state index >= 15 is 0 Å². The first kappa shape index (κ1) is 18.2. The minimum absolute atomic E-state index is 0.118. The predicted molar refractivity (Wildman–Crippen MR) is 81.8 cm³/mol. The Hall–Kier alpha value is -2.83. The summed E-state index contributed by atoms with van der Waals surface area (Å²) < 4.78 is 14.4. The first-order chi connectivity index (χ1) is 11.0. The van der Waals surface area contributed by atoms with E-state index in [0.717, 1.165) is 12.2 Å². The number of nitrogens with zero attached hydrogens (tertiary/aromatic N) is 1. The van der Waals surface area contributed by atoms with Crippen molar-refractivity contribution in [1.82, 2.24) is 4.90 Å². The number of carbonyl (C=O) groups excluding carboxylic acids is 3. The Morgan fingerprint density at radius 3 is 2.39 bits per heavy atom. The highest BCUT2D eigenvalue weighted by molar-refractivity contribution is 5.91. The van der Waals surface area contributed by atoms with Crippen LogP contribution < -0.4 is 4.74 Å². The van der Waals surface area contributed by atoms with E-state index in [2.05, 4.69) is 4.74 Å². The van der Waals surface area contributed by atoms with Crippen molar-refractivity contribution in [3.8, 4) is 5.75 Å². The van der Waals surface area contributed by atoms with E-state index < -0.39 is 18.0 Å². The van der Waals surface area contributed by atoms with Gasteiger partial charge in [-0.25, -0.2) is 14.4 Å². The van der Waals surface area contributed by atoms with Crippen molar-refractivity contribution in [1.29, 1.82) is 0 Å². The third-order valence-corrected chi connectivity index (χ3v) is 2.70. The van der Waals surface area contributed by atoms with Gasteiger partial charge in [0.15, 0.2) is 0 Å². The summed E-state index contributed by atoms with van der Waals surface area (Å²) in [5.41, 5.74) is 0. The molecule has 1 aromatic carbocycles. The van der Waals surface area contributed by atoms with Crippen LogP contribution in [0.4, 0.5) is 4.79 Å². The van der Waals surface area contributed by atoms with Gasteiger partial charge in [0.2, 0.25) is 0 Å². The summed E-state index contributed by atoms with van der Waals surface area (Å²) in [5.74, 6) is -0.820. The summed E-state index contributed by atoms with van der Waals surface area (Å²) in [7, 11) is 2.80. The molecule has 0 unspecified atom stereocenters. The molecule has 0 radical (unpaired) electrons. The molecule has 124 valence electrons. The molecule has 1 aromatic rings. The maximum Gasteiger partial charge on any atom is 0.414 e. The van der Waals surface area contributed by atoms with Gasteiger partial charge in [-0.1, -0.05) is 18.2 Å². The molecule has 0 aromatic heterocycles. The minimum Gasteiger partial charge on any atom is -0.466 e. The molecule has 1 amide bonds. The van der Waals surface area contributed by atoms with Gasteiger partial charge in [0, 0.05) is 25.7 Å². The standard InChI is InChI=1S/C16H19NO6/c1-17(16(20)23-13-7-4-3-5-8-13)11-6-12-22-15(19)10-9-14(18)21-2/h3-5,7-10H,6,11-12H2,1-2H3/b10-9+. The zero-order chi connectivity index (χ0) is 17.1. The normalized spacial score (nSPS) is 10.2. The third kappa shape index (κ3) is 7.66. The van der Waals surface area contributed by atoms with Gasteiger partial charge in [-0.2, -0.15) is 0 Å². The molecule has 0 aliphatic heterocycles. The molecule has 0 saturated carbocycles. The lowest BCUT2D eigenvalue weighted by Crippen LogP contribution is -2.31. The first-order valence-corrected chi connectivity index (χ1v) is 6.93. The molecule has 23 heavy (non-hydrogen) atoms. The zero-order valence-electron chi connectivity index (χ0n) is 13.1. The van der Waals surface area contributed by atoms with E-state index in [0.29, 0.717) is 18.7 Å². The van der Waals surface area contributed by atoms with Gasteiger partial charge in [0.25, 0.3) is 0 Å². The zero-order valence-corrected chi connectivity index (χ0v) is 13.1. The van der Waals surface area contributed by atoms with Crippen LogP contribution in [0.5, 0.6) is 5.75 Å². The summed E-state index contributed by atoms with van der Waals surface area (Å²) in [6.07, 6.45) is 1.91. The number of rotatable bonds is 7. The number of para-hydroxylation sites is 1. The third-order valence-electron chi connectivity index (χ3n) is 2.70. The molecule has 0 fully saturated rings. The summed E-state index contributed by atoms with van der Waals surface area (Å²) in [5, 5.41) is 0. The minimum atomic E-state index is -0.648. The van der Waals surface area contributed by atoms with Crippen LogP contribution in [-0.2, 0) is 19.1 Å².